The van der Waals surface area contributed by atoms with E-state index in [1.807, 2.05) is 19.1 Å². The summed E-state index contributed by atoms with van der Waals surface area (Å²) >= 11 is 0. The average Bonchev–Trinajstić information content (AvgIpc) is 2.61. The molecule has 1 saturated heterocycles. The minimum atomic E-state index is -0.219. The smallest absolute Gasteiger partial charge is 0.314 e. The Balaban J connectivity index is 2.04. The quantitative estimate of drug-likeness (QED) is 0.696. The second-order valence-corrected chi connectivity index (χ2v) is 7.67. The molecule has 0 spiro atoms. The minimum absolute atomic E-state index is 0.0487. The number of amides is 2. The molecular weight excluding hydrogens is 330 g/mol. The lowest BCUT2D eigenvalue weighted by Gasteiger charge is -2.49. The molecule has 0 radical (unpaired) electrons. The van der Waals surface area contributed by atoms with Gasteiger partial charge in [0.05, 0.1) is 13.2 Å². The van der Waals surface area contributed by atoms with Gasteiger partial charge in [-0.3, -0.25) is 0 Å². The molecule has 2 atom stereocenters. The second-order valence-electron chi connectivity index (χ2n) is 7.67. The summed E-state index contributed by atoms with van der Waals surface area (Å²) in [7, 11) is 0. The van der Waals surface area contributed by atoms with E-state index >= 15 is 0 Å². The number of benzene rings is 1. The molecule has 0 aliphatic carbocycles. The molecule has 0 aromatic heterocycles. The fourth-order valence-corrected chi connectivity index (χ4v) is 3.67. The summed E-state index contributed by atoms with van der Waals surface area (Å²) in [5, 5.41) is 14.4. The summed E-state index contributed by atoms with van der Waals surface area (Å²) < 4.78 is 5.54. The maximum Gasteiger partial charge on any atom is 0.314 e. The molecule has 6 heteroatoms. The van der Waals surface area contributed by atoms with E-state index in [1.165, 1.54) is 5.69 Å². The predicted molar refractivity (Wildman–Crippen MR) is 105 cm³/mol. The first-order chi connectivity index (χ1) is 12.4. The Morgan fingerprint density at radius 1 is 1.31 bits per heavy atom. The van der Waals surface area contributed by atoms with Crippen LogP contribution in [0.3, 0.4) is 0 Å². The Kier molecular flexibility index (Phi) is 7.14. The van der Waals surface area contributed by atoms with Gasteiger partial charge in [-0.05, 0) is 55.9 Å². The SMILES string of the molecule is CCOc1ccc(N2CC(CNC(=O)NCCO)CC(C)(C)[C@@H]2C)cc1. The number of ether oxygens (including phenoxy) is 1. The fourth-order valence-electron chi connectivity index (χ4n) is 3.67. The van der Waals surface area contributed by atoms with Crippen molar-refractivity contribution in [1.82, 2.24) is 10.6 Å². The van der Waals surface area contributed by atoms with Gasteiger partial charge in [0.1, 0.15) is 5.75 Å². The summed E-state index contributed by atoms with van der Waals surface area (Å²) in [6, 6.07) is 8.44. The number of hydrogen-bond donors (Lipinski definition) is 3. The van der Waals surface area contributed by atoms with Crippen molar-refractivity contribution in [3.05, 3.63) is 24.3 Å². The summed E-state index contributed by atoms with van der Waals surface area (Å²) in [4.78, 5) is 14.2. The molecule has 6 nitrogen and oxygen atoms in total. The molecule has 0 bridgehead atoms. The normalized spacial score (nSPS) is 22.0. The first-order valence-corrected chi connectivity index (χ1v) is 9.49. The summed E-state index contributed by atoms with van der Waals surface area (Å²) in [6.45, 7) is 11.3. The predicted octanol–water partition coefficient (Wildman–Crippen LogP) is 2.62. The monoisotopic (exact) mass is 363 g/mol. The van der Waals surface area contributed by atoms with Crippen LogP contribution in [-0.2, 0) is 0 Å². The van der Waals surface area contributed by atoms with E-state index in [1.54, 1.807) is 0 Å². The van der Waals surface area contributed by atoms with Crippen LogP contribution in [0.25, 0.3) is 0 Å². The van der Waals surface area contributed by atoms with E-state index in [-0.39, 0.29) is 24.6 Å². The number of carbonyl (C=O) groups is 1. The number of carbonyl (C=O) groups excluding carboxylic acids is 1. The van der Waals surface area contributed by atoms with Crippen molar-refractivity contribution >= 4 is 11.7 Å². The van der Waals surface area contributed by atoms with Crippen LogP contribution in [0.2, 0.25) is 0 Å². The number of aliphatic hydroxyl groups is 1. The van der Waals surface area contributed by atoms with Crippen molar-refractivity contribution in [1.29, 1.82) is 0 Å². The summed E-state index contributed by atoms with van der Waals surface area (Å²) in [5.41, 5.74) is 1.33. The van der Waals surface area contributed by atoms with Gasteiger partial charge in [-0.2, -0.15) is 0 Å². The average molecular weight is 364 g/mol. The van der Waals surface area contributed by atoms with Crippen LogP contribution in [0.5, 0.6) is 5.75 Å². The van der Waals surface area contributed by atoms with Crippen LogP contribution >= 0.6 is 0 Å². The highest BCUT2D eigenvalue weighted by Crippen LogP contribution is 2.40. The molecule has 1 fully saturated rings. The third-order valence-electron chi connectivity index (χ3n) is 5.30. The highest BCUT2D eigenvalue weighted by molar-refractivity contribution is 5.73. The van der Waals surface area contributed by atoms with E-state index < -0.39 is 0 Å². The molecule has 0 saturated carbocycles. The molecule has 1 aliphatic heterocycles. The number of aliphatic hydroxyl groups excluding tert-OH is 1. The van der Waals surface area contributed by atoms with Crippen LogP contribution in [0.1, 0.15) is 34.1 Å². The van der Waals surface area contributed by atoms with Gasteiger partial charge >= 0.3 is 6.03 Å². The van der Waals surface area contributed by atoms with Gasteiger partial charge < -0.3 is 25.4 Å². The standard InChI is InChI=1S/C20H33N3O3/c1-5-26-18-8-6-17(7-9-18)23-14-16(12-20(3,4)15(23)2)13-22-19(25)21-10-11-24/h6-9,15-16,24H,5,10-14H2,1-4H3,(H2,21,22,25)/t15-,16?/m0/s1. The zero-order valence-electron chi connectivity index (χ0n) is 16.4. The van der Waals surface area contributed by atoms with E-state index in [0.717, 1.165) is 18.7 Å². The molecule has 1 aromatic carbocycles. The lowest BCUT2D eigenvalue weighted by molar-refractivity contribution is 0.170. The van der Waals surface area contributed by atoms with Crippen molar-refractivity contribution in [2.24, 2.45) is 11.3 Å². The lowest BCUT2D eigenvalue weighted by atomic mass is 9.73. The number of piperidine rings is 1. The number of rotatable bonds is 7. The van der Waals surface area contributed by atoms with Gasteiger partial charge in [0, 0.05) is 31.4 Å². The maximum atomic E-state index is 11.8. The third kappa shape index (κ3) is 5.27. The van der Waals surface area contributed by atoms with Crippen molar-refractivity contribution in [3.63, 3.8) is 0 Å². The van der Waals surface area contributed by atoms with Gasteiger partial charge in [-0.25, -0.2) is 4.79 Å². The number of urea groups is 1. The zero-order chi connectivity index (χ0) is 19.2. The molecule has 2 amide bonds. The fraction of sp³-hybridized carbons (Fsp3) is 0.650. The first kappa shape index (κ1) is 20.4. The second kappa shape index (κ2) is 9.12. The molecule has 1 heterocycles. The number of hydrogen-bond acceptors (Lipinski definition) is 4. The van der Waals surface area contributed by atoms with Crippen molar-refractivity contribution in [2.75, 3.05) is 37.7 Å². The number of nitrogens with one attached hydrogen (secondary N) is 2. The van der Waals surface area contributed by atoms with Crippen molar-refractivity contribution < 1.29 is 14.6 Å². The van der Waals surface area contributed by atoms with E-state index in [0.29, 0.717) is 25.1 Å². The van der Waals surface area contributed by atoms with Gasteiger partial charge in [-0.15, -0.1) is 0 Å². The Hall–Kier alpha value is -1.95. The van der Waals surface area contributed by atoms with Gasteiger partial charge in [-0.1, -0.05) is 13.8 Å². The molecule has 26 heavy (non-hydrogen) atoms. The first-order valence-electron chi connectivity index (χ1n) is 9.49. The van der Waals surface area contributed by atoms with E-state index in [2.05, 4.69) is 48.4 Å². The lowest BCUT2D eigenvalue weighted by Crippen LogP contribution is -2.54. The van der Waals surface area contributed by atoms with Crippen LogP contribution in [-0.4, -0.2) is 50.0 Å². The molecule has 146 valence electrons. The Labute approximate surface area is 156 Å². The molecule has 1 unspecified atom stereocenters. The van der Waals surface area contributed by atoms with Gasteiger partial charge in [0.2, 0.25) is 0 Å². The summed E-state index contributed by atoms with van der Waals surface area (Å²) in [5.74, 6) is 1.26. The third-order valence-corrected chi connectivity index (χ3v) is 5.30. The van der Waals surface area contributed by atoms with Gasteiger partial charge in [0.15, 0.2) is 0 Å². The topological polar surface area (TPSA) is 73.8 Å². The van der Waals surface area contributed by atoms with Crippen LogP contribution < -0.4 is 20.3 Å². The van der Waals surface area contributed by atoms with Crippen LogP contribution in [0.4, 0.5) is 10.5 Å². The zero-order valence-corrected chi connectivity index (χ0v) is 16.4. The highest BCUT2D eigenvalue weighted by Gasteiger charge is 2.39. The molecule has 3 N–H and O–H groups in total. The van der Waals surface area contributed by atoms with E-state index in [9.17, 15) is 4.79 Å². The van der Waals surface area contributed by atoms with Crippen LogP contribution in [0.15, 0.2) is 24.3 Å². The van der Waals surface area contributed by atoms with Crippen molar-refractivity contribution in [3.8, 4) is 5.75 Å². The molecule has 2 rings (SSSR count). The Morgan fingerprint density at radius 2 is 2.00 bits per heavy atom. The van der Waals surface area contributed by atoms with Crippen LogP contribution in [0, 0.1) is 11.3 Å². The largest absolute Gasteiger partial charge is 0.494 e. The molecular formula is C20H33N3O3. The number of nitrogens with zero attached hydrogens (tertiary/aromatic N) is 1. The highest BCUT2D eigenvalue weighted by atomic mass is 16.5. The molecule has 1 aliphatic rings. The Morgan fingerprint density at radius 3 is 2.62 bits per heavy atom. The molecule has 1 aromatic rings. The number of anilines is 1. The maximum absolute atomic E-state index is 11.8. The van der Waals surface area contributed by atoms with Gasteiger partial charge in [0.25, 0.3) is 0 Å². The Bertz CT molecular complexity index is 574. The van der Waals surface area contributed by atoms with E-state index in [4.69, 9.17) is 9.84 Å². The van der Waals surface area contributed by atoms with Crippen molar-refractivity contribution in [2.45, 2.75) is 40.2 Å². The minimum Gasteiger partial charge on any atom is -0.494 e. The summed E-state index contributed by atoms with van der Waals surface area (Å²) in [6.07, 6.45) is 1.06.